The van der Waals surface area contributed by atoms with Crippen LogP contribution in [0.15, 0.2) is 73.1 Å². The molecule has 2 aliphatic carbocycles. The smallest absolute Gasteiger partial charge is 0.407 e. The van der Waals surface area contributed by atoms with Crippen LogP contribution in [0, 0.1) is 22.7 Å². The van der Waals surface area contributed by atoms with E-state index in [1.165, 1.54) is 14.2 Å². The Morgan fingerprint density at radius 3 is 1.71 bits per heavy atom. The van der Waals surface area contributed by atoms with Gasteiger partial charge in [0.15, 0.2) is 6.10 Å². The van der Waals surface area contributed by atoms with Gasteiger partial charge in [-0.25, -0.2) is 19.6 Å². The molecule has 324 valence electrons. The molecule has 0 radical (unpaired) electrons. The third kappa shape index (κ3) is 7.26. The zero-order valence-electron chi connectivity index (χ0n) is 36.6. The average Bonchev–Trinajstić information content (AvgIpc) is 3.70. The summed E-state index contributed by atoms with van der Waals surface area (Å²) < 4.78 is 10.4. The van der Waals surface area contributed by atoms with Crippen molar-refractivity contribution in [1.29, 1.82) is 0 Å². The molecule has 4 fully saturated rings. The summed E-state index contributed by atoms with van der Waals surface area (Å²) >= 11 is 0. The number of likely N-dealkylation sites (tertiary alicyclic amines) is 2. The van der Waals surface area contributed by atoms with E-state index in [-0.39, 0.29) is 58.6 Å². The molecule has 2 aromatic heterocycles. The Morgan fingerprint density at radius 2 is 1.18 bits per heavy atom. The molecule has 0 unspecified atom stereocenters. The molecule has 2 saturated carbocycles. The van der Waals surface area contributed by atoms with Crippen LogP contribution in [0.4, 0.5) is 9.59 Å². The lowest BCUT2D eigenvalue weighted by Gasteiger charge is -2.31. The number of aromatic amines is 2. The maximum atomic E-state index is 14.0. The molecular weight excluding hydrogens is 785 g/mol. The number of aromatic nitrogens is 4. The van der Waals surface area contributed by atoms with Crippen LogP contribution in [0.3, 0.4) is 0 Å². The summed E-state index contributed by atoms with van der Waals surface area (Å²) in [5.41, 5.74) is 5.97. The Hall–Kier alpha value is -6.18. The van der Waals surface area contributed by atoms with Gasteiger partial charge in [0.1, 0.15) is 17.7 Å². The topological polar surface area (TPSA) is 175 Å². The Balaban J connectivity index is 0.892. The second-order valence-corrected chi connectivity index (χ2v) is 19.1. The van der Waals surface area contributed by atoms with E-state index in [0.717, 1.165) is 81.7 Å². The van der Waals surface area contributed by atoms with Crippen LogP contribution in [-0.2, 0) is 19.1 Å². The highest BCUT2D eigenvalue weighted by atomic mass is 16.6. The monoisotopic (exact) mass is 840 g/mol. The summed E-state index contributed by atoms with van der Waals surface area (Å²) in [6.07, 6.45) is 5.04. The molecule has 4 N–H and O–H groups in total. The van der Waals surface area contributed by atoms with Gasteiger partial charge in [0.25, 0.3) is 5.91 Å². The number of nitrogens with zero attached hydrogens (tertiary/aromatic N) is 4. The molecule has 14 nitrogen and oxygen atoms in total. The molecule has 0 bridgehead atoms. The van der Waals surface area contributed by atoms with Gasteiger partial charge in [-0.3, -0.25) is 9.59 Å². The molecule has 8 atom stereocenters. The minimum absolute atomic E-state index is 0.0258. The summed E-state index contributed by atoms with van der Waals surface area (Å²) in [5, 5.41) is 7.43. The molecule has 2 saturated heterocycles. The van der Waals surface area contributed by atoms with Gasteiger partial charge in [0.2, 0.25) is 5.91 Å². The Bertz CT molecular complexity index is 2560. The maximum absolute atomic E-state index is 14.0. The SMILES string of the molecule is CNC(=O)O[C@H](C(=O)N1[C@H]2C[C@@]2(C)C[C@H]1c1ncc(-c2ccc(-c3ccc4cc(-c5cnc([C@@H]6C[C@]7(C)C[C@@H]7N6C(=O)[C@@H](NC(=O)OC)C(C)C)[nH]5)ccc4c3)cc2)[nH]1)C(C)C. The number of hydrogen-bond acceptors (Lipinski definition) is 8. The van der Waals surface area contributed by atoms with Crippen molar-refractivity contribution in [3.05, 3.63) is 84.7 Å². The van der Waals surface area contributed by atoms with Crippen molar-refractivity contribution in [2.24, 2.45) is 22.7 Å². The van der Waals surface area contributed by atoms with Crippen molar-refractivity contribution in [2.45, 2.75) is 104 Å². The van der Waals surface area contributed by atoms with Crippen molar-refractivity contribution in [1.82, 2.24) is 40.4 Å². The van der Waals surface area contributed by atoms with Crippen LogP contribution in [0.5, 0.6) is 0 Å². The van der Waals surface area contributed by atoms with Crippen LogP contribution in [0.25, 0.3) is 44.4 Å². The van der Waals surface area contributed by atoms with Crippen LogP contribution in [0.1, 0.15) is 91.0 Å². The number of amides is 4. The lowest BCUT2D eigenvalue weighted by molar-refractivity contribution is -0.145. The summed E-state index contributed by atoms with van der Waals surface area (Å²) in [6.45, 7) is 12.1. The number of nitrogens with one attached hydrogen (secondary N) is 4. The number of H-pyrrole nitrogens is 2. The molecule has 62 heavy (non-hydrogen) atoms. The number of carbonyl (C=O) groups is 4. The number of rotatable bonds is 11. The van der Waals surface area contributed by atoms with Gasteiger partial charge in [-0.2, -0.15) is 0 Å². The predicted molar refractivity (Wildman–Crippen MR) is 234 cm³/mol. The van der Waals surface area contributed by atoms with Crippen LogP contribution < -0.4 is 10.6 Å². The Morgan fingerprint density at radius 1 is 0.677 bits per heavy atom. The average molecular weight is 841 g/mol. The largest absolute Gasteiger partial charge is 0.453 e. The number of piperidine rings is 2. The number of fused-ring (bicyclic) bond motifs is 3. The molecule has 0 spiro atoms. The Labute approximate surface area is 361 Å². The zero-order valence-corrected chi connectivity index (χ0v) is 36.6. The van der Waals surface area contributed by atoms with E-state index < -0.39 is 24.3 Å². The minimum Gasteiger partial charge on any atom is -0.453 e. The highest BCUT2D eigenvalue weighted by Crippen LogP contribution is 2.64. The van der Waals surface area contributed by atoms with Gasteiger partial charge in [-0.05, 0) is 87.9 Å². The highest BCUT2D eigenvalue weighted by molar-refractivity contribution is 5.91. The summed E-state index contributed by atoms with van der Waals surface area (Å²) in [6, 6.07) is 20.3. The second-order valence-electron chi connectivity index (χ2n) is 19.1. The first kappa shape index (κ1) is 41.2. The lowest BCUT2D eigenvalue weighted by atomic mass is 9.98. The molecule has 2 aliphatic heterocycles. The number of hydrogen-bond donors (Lipinski definition) is 4. The van der Waals surface area contributed by atoms with Gasteiger partial charge in [-0.15, -0.1) is 0 Å². The van der Waals surface area contributed by atoms with E-state index in [2.05, 4.69) is 95.1 Å². The molecule has 4 amide bonds. The van der Waals surface area contributed by atoms with Crippen LogP contribution >= 0.6 is 0 Å². The summed E-state index contributed by atoms with van der Waals surface area (Å²) in [5.74, 6) is 0.910. The zero-order chi connectivity index (χ0) is 43.8. The van der Waals surface area contributed by atoms with E-state index in [4.69, 9.17) is 19.4 Å². The van der Waals surface area contributed by atoms with Gasteiger partial charge in [0.05, 0.1) is 43.0 Å². The second kappa shape index (κ2) is 15.3. The number of carbonyl (C=O) groups excluding carboxylic acids is 4. The molecule has 4 aliphatic rings. The molecule has 5 aromatic rings. The summed E-state index contributed by atoms with van der Waals surface area (Å²) in [7, 11) is 2.80. The molecular formula is C48H56N8O6. The van der Waals surface area contributed by atoms with Crippen molar-refractivity contribution in [3.63, 3.8) is 0 Å². The summed E-state index contributed by atoms with van der Waals surface area (Å²) in [4.78, 5) is 72.6. The van der Waals surface area contributed by atoms with E-state index in [0.29, 0.717) is 0 Å². The normalized spacial score (nSPS) is 25.6. The van der Waals surface area contributed by atoms with E-state index in [1.807, 2.05) is 49.9 Å². The number of benzene rings is 3. The molecule has 4 heterocycles. The number of ether oxygens (including phenoxy) is 2. The van der Waals surface area contributed by atoms with E-state index >= 15 is 0 Å². The third-order valence-electron chi connectivity index (χ3n) is 14.0. The number of imidazole rings is 2. The third-order valence-corrected chi connectivity index (χ3v) is 14.0. The van der Waals surface area contributed by atoms with E-state index in [9.17, 15) is 19.2 Å². The number of methoxy groups -OCH3 is 1. The fourth-order valence-corrected chi connectivity index (χ4v) is 10.1. The Kier molecular flexibility index (Phi) is 10.2. The van der Waals surface area contributed by atoms with E-state index in [1.54, 1.807) is 0 Å². The minimum atomic E-state index is -0.880. The standard InChI is InChI=1S/C48H56N8O6/c1-25(2)39(54-46(60)61-8)43(57)55-35(19-47(5)21-37(47)55)41-51-24-34(53-41)32-16-15-30-17-29(13-14-31(30)18-32)27-9-11-28(12-10-27)33-23-50-42(52-33)36-20-48(6)22-38(48)56(36)44(58)40(26(3)4)62-45(59)49-7/h9-18,23-26,35-40H,19-22H2,1-8H3,(H,49,59)(H,50,52)(H,51,53)(H,54,60)/t35-,36-,37-,38-,39-,40-,47+,48+/m0/s1. The fourth-order valence-electron chi connectivity index (χ4n) is 10.1. The van der Waals surface area contributed by atoms with Crippen LogP contribution in [-0.4, -0.2) is 92.1 Å². The highest BCUT2D eigenvalue weighted by Gasteiger charge is 2.65. The van der Waals surface area contributed by atoms with Gasteiger partial charge >= 0.3 is 12.2 Å². The first-order valence-corrected chi connectivity index (χ1v) is 21.7. The van der Waals surface area contributed by atoms with Crippen molar-refractivity contribution in [2.75, 3.05) is 14.2 Å². The predicted octanol–water partition coefficient (Wildman–Crippen LogP) is 8.15. The van der Waals surface area contributed by atoms with Gasteiger partial charge < -0.3 is 39.9 Å². The van der Waals surface area contributed by atoms with Crippen LogP contribution in [0.2, 0.25) is 0 Å². The van der Waals surface area contributed by atoms with Crippen molar-refractivity contribution >= 4 is 34.8 Å². The first-order valence-electron chi connectivity index (χ1n) is 21.7. The first-order chi connectivity index (χ1) is 29.6. The molecule has 14 heteroatoms. The molecule has 9 rings (SSSR count). The lowest BCUT2D eigenvalue weighted by Crippen LogP contribution is -2.52. The fraction of sp³-hybridized carbons (Fsp3) is 0.458. The van der Waals surface area contributed by atoms with Crippen molar-refractivity contribution < 1.29 is 28.7 Å². The van der Waals surface area contributed by atoms with Gasteiger partial charge in [0, 0.05) is 24.7 Å². The van der Waals surface area contributed by atoms with Crippen molar-refractivity contribution in [3.8, 4) is 33.6 Å². The quantitative estimate of drug-likeness (QED) is 0.103. The number of alkyl carbamates (subject to hydrolysis) is 2. The molecule has 3 aromatic carbocycles. The maximum Gasteiger partial charge on any atom is 0.407 e. The van der Waals surface area contributed by atoms with Gasteiger partial charge in [-0.1, -0.05) is 90.1 Å².